The monoisotopic (exact) mass is 384 g/mol. The van der Waals surface area contributed by atoms with E-state index >= 15 is 0 Å². The highest BCUT2D eigenvalue weighted by molar-refractivity contribution is 5.88. The van der Waals surface area contributed by atoms with Crippen LogP contribution in [0.1, 0.15) is 20.8 Å². The minimum atomic E-state index is -0.611. The van der Waals surface area contributed by atoms with E-state index in [1.807, 2.05) is 0 Å². The number of esters is 1. The topological polar surface area (TPSA) is 106 Å². The molecule has 2 aromatic carbocycles. The number of benzene rings is 2. The predicted molar refractivity (Wildman–Crippen MR) is 102 cm³/mol. The zero-order valence-electron chi connectivity index (χ0n) is 15.7. The Hall–Kier alpha value is -3.48. The highest BCUT2D eigenvalue weighted by Gasteiger charge is 2.23. The Bertz CT molecular complexity index is 1070. The molecule has 0 fully saturated rings. The molecule has 146 valence electrons. The first-order valence-corrected chi connectivity index (χ1v) is 8.55. The molecule has 0 aliphatic heterocycles. The first kappa shape index (κ1) is 19.3. The summed E-state index contributed by atoms with van der Waals surface area (Å²) in [5, 5.41) is 19.5. The second kappa shape index (κ2) is 7.26. The van der Waals surface area contributed by atoms with Gasteiger partial charge >= 0.3 is 5.97 Å². The van der Waals surface area contributed by atoms with Crippen molar-refractivity contribution in [1.29, 1.82) is 0 Å². The molecule has 0 spiro atoms. The quantitative estimate of drug-likeness (QED) is 0.520. The summed E-state index contributed by atoms with van der Waals surface area (Å²) in [7, 11) is 0. The predicted octanol–water partition coefficient (Wildman–Crippen LogP) is 3.80. The summed E-state index contributed by atoms with van der Waals surface area (Å²) in [6.45, 7) is 5.03. The van der Waals surface area contributed by atoms with Gasteiger partial charge in [-0.05, 0) is 38.5 Å². The normalized spacial score (nSPS) is 11.4. The van der Waals surface area contributed by atoms with Crippen molar-refractivity contribution in [3.05, 3.63) is 52.9 Å². The van der Waals surface area contributed by atoms with Crippen molar-refractivity contribution in [1.82, 2.24) is 0 Å². The number of hydrogen-bond donors (Lipinski definition) is 2. The van der Waals surface area contributed by atoms with Gasteiger partial charge in [-0.2, -0.15) is 0 Å². The molecule has 0 atom stereocenters. The molecule has 7 nitrogen and oxygen atoms in total. The van der Waals surface area contributed by atoms with E-state index in [9.17, 15) is 19.8 Å². The maximum atomic E-state index is 12.7. The fraction of sp³-hybridized carbons (Fsp3) is 0.238. The number of fused-ring (bicyclic) bond motifs is 1. The standard InChI is InChI=1S/C21H20O7/c1-21(2,3)20(25)28-11-27-14-6-4-12(5-7-14)15-10-26-17-9-13(22)8-16(23)18(17)19(15)24/h4-10,22-23H,11H2,1-3H3. The first-order chi connectivity index (χ1) is 13.2. The lowest BCUT2D eigenvalue weighted by atomic mass is 9.98. The molecule has 7 heteroatoms. The van der Waals surface area contributed by atoms with Gasteiger partial charge in [-0.1, -0.05) is 12.1 Å². The zero-order chi connectivity index (χ0) is 20.5. The lowest BCUT2D eigenvalue weighted by Gasteiger charge is -2.16. The van der Waals surface area contributed by atoms with Gasteiger partial charge < -0.3 is 24.1 Å². The molecule has 1 heterocycles. The van der Waals surface area contributed by atoms with Gasteiger partial charge in [0.1, 0.15) is 34.5 Å². The summed E-state index contributed by atoms with van der Waals surface area (Å²) in [6.07, 6.45) is 1.27. The minimum absolute atomic E-state index is 0.00952. The van der Waals surface area contributed by atoms with E-state index in [1.54, 1.807) is 45.0 Å². The van der Waals surface area contributed by atoms with E-state index in [0.29, 0.717) is 11.3 Å². The molecule has 0 bridgehead atoms. The van der Waals surface area contributed by atoms with Crippen LogP contribution in [0.2, 0.25) is 0 Å². The largest absolute Gasteiger partial charge is 0.508 e. The van der Waals surface area contributed by atoms with E-state index < -0.39 is 10.8 Å². The molecule has 0 unspecified atom stereocenters. The molecule has 3 rings (SSSR count). The fourth-order valence-electron chi connectivity index (χ4n) is 2.52. The molecule has 28 heavy (non-hydrogen) atoms. The van der Waals surface area contributed by atoms with Crippen LogP contribution in [-0.2, 0) is 9.53 Å². The third-order valence-corrected chi connectivity index (χ3v) is 4.03. The Morgan fingerprint density at radius 1 is 1.11 bits per heavy atom. The molecule has 0 saturated carbocycles. The van der Waals surface area contributed by atoms with Crippen molar-refractivity contribution >= 4 is 16.9 Å². The van der Waals surface area contributed by atoms with Crippen LogP contribution >= 0.6 is 0 Å². The lowest BCUT2D eigenvalue weighted by molar-refractivity contribution is -0.159. The first-order valence-electron chi connectivity index (χ1n) is 8.55. The highest BCUT2D eigenvalue weighted by atomic mass is 16.7. The molecule has 2 N–H and O–H groups in total. The number of hydrogen-bond acceptors (Lipinski definition) is 7. The van der Waals surface area contributed by atoms with E-state index in [4.69, 9.17) is 13.9 Å². The van der Waals surface area contributed by atoms with E-state index in [0.717, 1.165) is 6.07 Å². The van der Waals surface area contributed by atoms with Crippen LogP contribution in [0.4, 0.5) is 0 Å². The van der Waals surface area contributed by atoms with Gasteiger partial charge in [0.2, 0.25) is 12.2 Å². The van der Waals surface area contributed by atoms with Gasteiger partial charge in [0.15, 0.2) is 0 Å². The average Bonchev–Trinajstić information content (AvgIpc) is 2.61. The van der Waals surface area contributed by atoms with Crippen molar-refractivity contribution < 1.29 is 28.9 Å². The maximum absolute atomic E-state index is 12.7. The Morgan fingerprint density at radius 3 is 2.43 bits per heavy atom. The summed E-state index contributed by atoms with van der Waals surface area (Å²) in [5.74, 6) is -0.465. The number of phenolic OH excluding ortho intramolecular Hbond substituents is 2. The molecule has 1 aromatic heterocycles. The van der Waals surface area contributed by atoms with Gasteiger partial charge in [0.25, 0.3) is 0 Å². The number of ether oxygens (including phenoxy) is 2. The number of rotatable bonds is 4. The van der Waals surface area contributed by atoms with Crippen molar-refractivity contribution in [3.8, 4) is 28.4 Å². The van der Waals surface area contributed by atoms with Gasteiger partial charge in [-0.25, -0.2) is 0 Å². The molecular formula is C21H20O7. The van der Waals surface area contributed by atoms with E-state index in [-0.39, 0.29) is 40.8 Å². The van der Waals surface area contributed by atoms with Crippen LogP contribution < -0.4 is 10.2 Å². The van der Waals surface area contributed by atoms with Crippen LogP contribution in [-0.4, -0.2) is 23.0 Å². The smallest absolute Gasteiger partial charge is 0.314 e. The molecule has 0 amide bonds. The van der Waals surface area contributed by atoms with Gasteiger partial charge in [0, 0.05) is 12.1 Å². The third-order valence-electron chi connectivity index (χ3n) is 4.03. The van der Waals surface area contributed by atoms with E-state index in [2.05, 4.69) is 0 Å². The molecule has 0 radical (unpaired) electrons. The Kier molecular flexibility index (Phi) is 5.00. The molecule has 0 aliphatic rings. The Balaban J connectivity index is 1.79. The fourth-order valence-corrected chi connectivity index (χ4v) is 2.52. The van der Waals surface area contributed by atoms with Crippen molar-refractivity contribution in [2.75, 3.05) is 6.79 Å². The van der Waals surface area contributed by atoms with Crippen LogP contribution in [0, 0.1) is 5.41 Å². The SMILES string of the molecule is CC(C)(C)C(=O)OCOc1ccc(-c2coc3cc(O)cc(O)c3c2=O)cc1. The van der Waals surface area contributed by atoms with Crippen molar-refractivity contribution in [3.63, 3.8) is 0 Å². The summed E-state index contributed by atoms with van der Waals surface area (Å²) in [6, 6.07) is 8.89. The van der Waals surface area contributed by atoms with Crippen molar-refractivity contribution in [2.45, 2.75) is 20.8 Å². The maximum Gasteiger partial charge on any atom is 0.314 e. The lowest BCUT2D eigenvalue weighted by Crippen LogP contribution is -2.24. The van der Waals surface area contributed by atoms with Gasteiger partial charge in [-0.3, -0.25) is 9.59 Å². The zero-order valence-corrected chi connectivity index (χ0v) is 15.7. The second-order valence-corrected chi connectivity index (χ2v) is 7.28. The number of carbonyl (C=O) groups excluding carboxylic acids is 1. The summed E-state index contributed by atoms with van der Waals surface area (Å²) < 4.78 is 15.8. The van der Waals surface area contributed by atoms with Crippen molar-refractivity contribution in [2.24, 2.45) is 5.41 Å². The minimum Gasteiger partial charge on any atom is -0.508 e. The number of aromatic hydroxyl groups is 2. The van der Waals surface area contributed by atoms with Crippen LogP contribution in [0.3, 0.4) is 0 Å². The van der Waals surface area contributed by atoms with Crippen LogP contribution in [0.15, 0.2) is 51.9 Å². The van der Waals surface area contributed by atoms with E-state index in [1.165, 1.54) is 12.3 Å². The summed E-state index contributed by atoms with van der Waals surface area (Å²) >= 11 is 0. The molecule has 0 aliphatic carbocycles. The van der Waals surface area contributed by atoms with Gasteiger partial charge in [-0.15, -0.1) is 0 Å². The summed E-state index contributed by atoms with van der Waals surface area (Å²) in [4.78, 5) is 24.4. The second-order valence-electron chi connectivity index (χ2n) is 7.28. The third kappa shape index (κ3) is 3.93. The average molecular weight is 384 g/mol. The number of carbonyl (C=O) groups is 1. The Labute approximate surface area is 160 Å². The molecular weight excluding hydrogens is 364 g/mol. The van der Waals surface area contributed by atoms with Crippen LogP contribution in [0.5, 0.6) is 17.2 Å². The highest BCUT2D eigenvalue weighted by Crippen LogP contribution is 2.30. The van der Waals surface area contributed by atoms with Crippen LogP contribution in [0.25, 0.3) is 22.1 Å². The molecule has 0 saturated heterocycles. The number of phenols is 2. The molecule has 3 aromatic rings. The summed E-state index contributed by atoms with van der Waals surface area (Å²) in [5.41, 5.74) is -0.139. The van der Waals surface area contributed by atoms with Gasteiger partial charge in [0.05, 0.1) is 11.0 Å². The Morgan fingerprint density at radius 2 is 1.79 bits per heavy atom.